The lowest BCUT2D eigenvalue weighted by molar-refractivity contribution is 0.130. The molecule has 1 aromatic carbocycles. The molecule has 0 aromatic heterocycles. The van der Waals surface area contributed by atoms with E-state index in [1.54, 1.807) is 12.1 Å². The molecule has 0 bridgehead atoms. The second-order valence-corrected chi connectivity index (χ2v) is 4.16. The van der Waals surface area contributed by atoms with Crippen LogP contribution in [0.1, 0.15) is 26.3 Å². The smallest absolute Gasteiger partial charge is 0.120 e. The molecular formula is C11H16O2. The number of hydrogen-bond donors (Lipinski definition) is 1. The summed E-state index contributed by atoms with van der Waals surface area (Å²) in [6.45, 7) is 7.84. The second-order valence-electron chi connectivity index (χ2n) is 4.16. The van der Waals surface area contributed by atoms with Crippen molar-refractivity contribution in [1.82, 2.24) is 0 Å². The molecule has 2 heteroatoms. The van der Waals surface area contributed by atoms with Gasteiger partial charge in [0.2, 0.25) is 0 Å². The first-order valence-corrected chi connectivity index (χ1v) is 4.37. The van der Waals surface area contributed by atoms with Crippen LogP contribution in [0.5, 0.6) is 11.5 Å². The standard InChI is InChI=1S/C11H16O2/c1-8-7-9(5-6-10(8)12)13-11(2,3)4/h5-7,12H,1-4H3. The van der Waals surface area contributed by atoms with E-state index in [1.165, 1.54) is 0 Å². The maximum atomic E-state index is 9.29. The number of aryl methyl sites for hydroxylation is 1. The molecule has 72 valence electrons. The van der Waals surface area contributed by atoms with E-state index in [-0.39, 0.29) is 5.60 Å². The fourth-order valence-electron chi connectivity index (χ4n) is 1.04. The van der Waals surface area contributed by atoms with Gasteiger partial charge in [-0.2, -0.15) is 0 Å². The van der Waals surface area contributed by atoms with Crippen LogP contribution in [0.4, 0.5) is 0 Å². The molecule has 0 aliphatic heterocycles. The van der Waals surface area contributed by atoms with Crippen LogP contribution in [0, 0.1) is 6.92 Å². The van der Waals surface area contributed by atoms with Gasteiger partial charge in [0.15, 0.2) is 0 Å². The highest BCUT2D eigenvalue weighted by atomic mass is 16.5. The maximum Gasteiger partial charge on any atom is 0.120 e. The molecular weight excluding hydrogens is 164 g/mol. The third kappa shape index (κ3) is 2.98. The zero-order chi connectivity index (χ0) is 10.1. The molecule has 0 spiro atoms. The van der Waals surface area contributed by atoms with Crippen LogP contribution in [0.15, 0.2) is 18.2 Å². The summed E-state index contributed by atoms with van der Waals surface area (Å²) in [6, 6.07) is 5.25. The first-order chi connectivity index (χ1) is 5.88. The van der Waals surface area contributed by atoms with Crippen LogP contribution in [0.25, 0.3) is 0 Å². The summed E-state index contributed by atoms with van der Waals surface area (Å²) in [7, 11) is 0. The Morgan fingerprint density at radius 3 is 2.31 bits per heavy atom. The van der Waals surface area contributed by atoms with Crippen LogP contribution in [0.2, 0.25) is 0 Å². The van der Waals surface area contributed by atoms with Crippen LogP contribution in [-0.4, -0.2) is 10.7 Å². The van der Waals surface area contributed by atoms with Crippen molar-refractivity contribution in [2.75, 3.05) is 0 Å². The molecule has 0 radical (unpaired) electrons. The van der Waals surface area contributed by atoms with Gasteiger partial charge in [-0.1, -0.05) is 0 Å². The van der Waals surface area contributed by atoms with Crippen LogP contribution >= 0.6 is 0 Å². The zero-order valence-electron chi connectivity index (χ0n) is 8.59. The molecule has 0 aliphatic carbocycles. The minimum atomic E-state index is -0.191. The van der Waals surface area contributed by atoms with Crippen molar-refractivity contribution < 1.29 is 9.84 Å². The van der Waals surface area contributed by atoms with E-state index < -0.39 is 0 Å². The van der Waals surface area contributed by atoms with Gasteiger partial charge in [0.05, 0.1) is 0 Å². The lowest BCUT2D eigenvalue weighted by atomic mass is 10.1. The van der Waals surface area contributed by atoms with E-state index in [0.717, 1.165) is 11.3 Å². The summed E-state index contributed by atoms with van der Waals surface area (Å²) < 4.78 is 5.63. The maximum absolute atomic E-state index is 9.29. The number of phenols is 1. The van der Waals surface area contributed by atoms with Gasteiger partial charge < -0.3 is 9.84 Å². The minimum Gasteiger partial charge on any atom is -0.508 e. The summed E-state index contributed by atoms with van der Waals surface area (Å²) in [5.41, 5.74) is 0.644. The molecule has 1 aromatic rings. The number of benzene rings is 1. The zero-order valence-corrected chi connectivity index (χ0v) is 8.59. The Morgan fingerprint density at radius 1 is 1.23 bits per heavy atom. The van der Waals surface area contributed by atoms with E-state index in [9.17, 15) is 5.11 Å². The summed E-state index contributed by atoms with van der Waals surface area (Å²) in [5, 5.41) is 9.29. The largest absolute Gasteiger partial charge is 0.508 e. The first-order valence-electron chi connectivity index (χ1n) is 4.37. The lowest BCUT2D eigenvalue weighted by Gasteiger charge is -2.21. The van der Waals surface area contributed by atoms with Gasteiger partial charge in [0.1, 0.15) is 17.1 Å². The van der Waals surface area contributed by atoms with Crippen molar-refractivity contribution in [3.05, 3.63) is 23.8 Å². The van der Waals surface area contributed by atoms with Gasteiger partial charge in [0, 0.05) is 0 Å². The Morgan fingerprint density at radius 2 is 1.85 bits per heavy atom. The van der Waals surface area contributed by atoms with E-state index in [4.69, 9.17) is 4.74 Å². The van der Waals surface area contributed by atoms with Gasteiger partial charge in [-0.3, -0.25) is 0 Å². The van der Waals surface area contributed by atoms with Crippen molar-refractivity contribution in [2.45, 2.75) is 33.3 Å². The Kier molecular flexibility index (Phi) is 2.50. The molecule has 0 aliphatic rings. The van der Waals surface area contributed by atoms with Crippen molar-refractivity contribution in [2.24, 2.45) is 0 Å². The third-order valence-electron chi connectivity index (χ3n) is 1.59. The van der Waals surface area contributed by atoms with Crippen LogP contribution < -0.4 is 4.74 Å². The number of phenolic OH excluding ortho intramolecular Hbond substituents is 1. The Bertz CT molecular complexity index is 297. The Balaban J connectivity index is 2.86. The molecule has 1 N–H and O–H groups in total. The Labute approximate surface area is 79.2 Å². The monoisotopic (exact) mass is 180 g/mol. The average molecular weight is 180 g/mol. The molecule has 0 heterocycles. The molecule has 0 saturated carbocycles. The van der Waals surface area contributed by atoms with Crippen molar-refractivity contribution in [1.29, 1.82) is 0 Å². The third-order valence-corrected chi connectivity index (χ3v) is 1.59. The van der Waals surface area contributed by atoms with Gasteiger partial charge in [-0.15, -0.1) is 0 Å². The molecule has 1 rings (SSSR count). The minimum absolute atomic E-state index is 0.191. The second kappa shape index (κ2) is 3.29. The summed E-state index contributed by atoms with van der Waals surface area (Å²) in [6.07, 6.45) is 0. The van der Waals surface area contributed by atoms with Crippen molar-refractivity contribution >= 4 is 0 Å². The summed E-state index contributed by atoms with van der Waals surface area (Å²) >= 11 is 0. The van der Waals surface area contributed by atoms with Crippen molar-refractivity contribution in [3.63, 3.8) is 0 Å². The molecule has 0 amide bonds. The molecule has 13 heavy (non-hydrogen) atoms. The predicted octanol–water partition coefficient (Wildman–Crippen LogP) is 2.88. The summed E-state index contributed by atoms with van der Waals surface area (Å²) in [4.78, 5) is 0. The molecule has 0 saturated heterocycles. The SMILES string of the molecule is Cc1cc(OC(C)(C)C)ccc1O. The molecule has 2 nitrogen and oxygen atoms in total. The highest BCUT2D eigenvalue weighted by Gasteiger charge is 2.11. The fraction of sp³-hybridized carbons (Fsp3) is 0.455. The number of aromatic hydroxyl groups is 1. The van der Waals surface area contributed by atoms with E-state index in [0.29, 0.717) is 5.75 Å². The van der Waals surface area contributed by atoms with E-state index in [1.807, 2.05) is 33.8 Å². The number of hydrogen-bond acceptors (Lipinski definition) is 2. The molecule has 0 fully saturated rings. The van der Waals surface area contributed by atoms with Gasteiger partial charge in [0.25, 0.3) is 0 Å². The van der Waals surface area contributed by atoms with Gasteiger partial charge in [-0.05, 0) is 51.5 Å². The van der Waals surface area contributed by atoms with Crippen LogP contribution in [-0.2, 0) is 0 Å². The van der Waals surface area contributed by atoms with Crippen LogP contribution in [0.3, 0.4) is 0 Å². The quantitative estimate of drug-likeness (QED) is 0.720. The Hall–Kier alpha value is -1.18. The lowest BCUT2D eigenvalue weighted by Crippen LogP contribution is -2.22. The van der Waals surface area contributed by atoms with Gasteiger partial charge in [-0.25, -0.2) is 0 Å². The molecule has 0 atom stereocenters. The van der Waals surface area contributed by atoms with E-state index in [2.05, 4.69) is 0 Å². The normalized spacial score (nSPS) is 11.4. The topological polar surface area (TPSA) is 29.5 Å². The molecule has 0 unspecified atom stereocenters. The fourth-order valence-corrected chi connectivity index (χ4v) is 1.04. The first kappa shape index (κ1) is 9.90. The highest BCUT2D eigenvalue weighted by Crippen LogP contribution is 2.24. The average Bonchev–Trinajstić information content (AvgIpc) is 1.94. The number of ether oxygens (including phenoxy) is 1. The predicted molar refractivity (Wildman–Crippen MR) is 53.2 cm³/mol. The summed E-state index contributed by atoms with van der Waals surface area (Å²) in [5.74, 6) is 1.10. The highest BCUT2D eigenvalue weighted by molar-refractivity contribution is 5.38. The van der Waals surface area contributed by atoms with Gasteiger partial charge >= 0.3 is 0 Å². The van der Waals surface area contributed by atoms with E-state index >= 15 is 0 Å². The van der Waals surface area contributed by atoms with Crippen molar-refractivity contribution in [3.8, 4) is 11.5 Å². The number of rotatable bonds is 1.